The number of rotatable bonds is 5. The summed E-state index contributed by atoms with van der Waals surface area (Å²) in [7, 11) is 0. The van der Waals surface area contributed by atoms with Gasteiger partial charge in [-0.1, -0.05) is 32.0 Å². The molecule has 0 aliphatic carbocycles. The fourth-order valence-electron chi connectivity index (χ4n) is 3.28. The summed E-state index contributed by atoms with van der Waals surface area (Å²) >= 11 is 0. The molecule has 31 heavy (non-hydrogen) atoms. The predicted octanol–water partition coefficient (Wildman–Crippen LogP) is 4.49. The standard InChI is InChI=1S/C23H23FN4O3/c1-14(2)21-26-12-15(13-27-21)22(29)28-19-17(16-6-3-4-7-18(16)24)8-9-25-20(19)23-30-10-5-11-31-23/h3-4,6-9,12-14,23H,5,10-11H2,1-2H3,(H,28,29). The van der Waals surface area contributed by atoms with Gasteiger partial charge in [0.1, 0.15) is 17.3 Å². The molecule has 8 heteroatoms. The fraction of sp³-hybridized carbons (Fsp3) is 0.304. The van der Waals surface area contributed by atoms with E-state index < -0.39 is 18.0 Å². The topological polar surface area (TPSA) is 86.2 Å². The van der Waals surface area contributed by atoms with Gasteiger partial charge in [0.25, 0.3) is 5.91 Å². The average molecular weight is 422 g/mol. The molecule has 4 rings (SSSR count). The van der Waals surface area contributed by atoms with E-state index in [2.05, 4.69) is 20.3 Å². The lowest BCUT2D eigenvalue weighted by atomic mass is 10.0. The lowest BCUT2D eigenvalue weighted by molar-refractivity contribution is -0.184. The van der Waals surface area contributed by atoms with Crippen LogP contribution in [0.5, 0.6) is 0 Å². The Balaban J connectivity index is 1.74. The van der Waals surface area contributed by atoms with Gasteiger partial charge in [-0.25, -0.2) is 14.4 Å². The third-order valence-electron chi connectivity index (χ3n) is 4.88. The molecule has 1 N–H and O–H groups in total. The van der Waals surface area contributed by atoms with Crippen molar-refractivity contribution < 1.29 is 18.7 Å². The van der Waals surface area contributed by atoms with E-state index >= 15 is 0 Å². The molecular weight excluding hydrogens is 399 g/mol. The van der Waals surface area contributed by atoms with E-state index in [-0.39, 0.29) is 11.5 Å². The van der Waals surface area contributed by atoms with Crippen molar-refractivity contribution in [3.8, 4) is 11.1 Å². The first-order valence-electron chi connectivity index (χ1n) is 10.1. The number of hydrogen-bond acceptors (Lipinski definition) is 6. The average Bonchev–Trinajstić information content (AvgIpc) is 2.80. The van der Waals surface area contributed by atoms with Crippen molar-refractivity contribution in [1.82, 2.24) is 15.0 Å². The van der Waals surface area contributed by atoms with E-state index in [1.54, 1.807) is 30.5 Å². The number of nitrogens with zero attached hydrogens (tertiary/aromatic N) is 3. The van der Waals surface area contributed by atoms with Crippen LogP contribution in [-0.4, -0.2) is 34.1 Å². The van der Waals surface area contributed by atoms with Crippen LogP contribution >= 0.6 is 0 Å². The minimum Gasteiger partial charge on any atom is -0.347 e. The number of halogens is 1. The summed E-state index contributed by atoms with van der Waals surface area (Å²) in [5.74, 6) is -0.0480. The minimum absolute atomic E-state index is 0.148. The monoisotopic (exact) mass is 422 g/mol. The molecule has 0 unspecified atom stereocenters. The van der Waals surface area contributed by atoms with Crippen LogP contribution < -0.4 is 5.32 Å². The van der Waals surface area contributed by atoms with Crippen LogP contribution in [0.25, 0.3) is 11.1 Å². The van der Waals surface area contributed by atoms with Crippen molar-refractivity contribution in [2.24, 2.45) is 0 Å². The molecule has 160 valence electrons. The number of amides is 1. The second-order valence-corrected chi connectivity index (χ2v) is 7.46. The van der Waals surface area contributed by atoms with Gasteiger partial charge < -0.3 is 14.8 Å². The second-order valence-electron chi connectivity index (χ2n) is 7.46. The zero-order valence-corrected chi connectivity index (χ0v) is 17.3. The molecule has 1 fully saturated rings. The minimum atomic E-state index is -0.754. The first kappa shape index (κ1) is 21.0. The van der Waals surface area contributed by atoms with Crippen LogP contribution in [0.3, 0.4) is 0 Å². The maximum Gasteiger partial charge on any atom is 0.258 e. The third-order valence-corrected chi connectivity index (χ3v) is 4.88. The Labute approximate surface area is 179 Å². The Hall–Kier alpha value is -3.23. The fourth-order valence-corrected chi connectivity index (χ4v) is 3.28. The molecule has 1 saturated heterocycles. The molecule has 0 radical (unpaired) electrons. The Kier molecular flexibility index (Phi) is 6.29. The predicted molar refractivity (Wildman–Crippen MR) is 113 cm³/mol. The molecule has 3 aromatic rings. The highest BCUT2D eigenvalue weighted by Gasteiger charge is 2.26. The van der Waals surface area contributed by atoms with E-state index in [0.717, 1.165) is 6.42 Å². The van der Waals surface area contributed by atoms with Crippen molar-refractivity contribution in [2.45, 2.75) is 32.5 Å². The van der Waals surface area contributed by atoms with Gasteiger partial charge >= 0.3 is 0 Å². The van der Waals surface area contributed by atoms with Gasteiger partial charge in [-0.2, -0.15) is 0 Å². The van der Waals surface area contributed by atoms with Crippen molar-refractivity contribution >= 4 is 11.6 Å². The normalized spacial score (nSPS) is 14.6. The van der Waals surface area contributed by atoms with Crippen LogP contribution in [0.2, 0.25) is 0 Å². The van der Waals surface area contributed by atoms with Crippen molar-refractivity contribution in [3.63, 3.8) is 0 Å². The highest BCUT2D eigenvalue weighted by Crippen LogP contribution is 2.36. The van der Waals surface area contributed by atoms with Gasteiger partial charge in [0.15, 0.2) is 0 Å². The molecule has 0 saturated carbocycles. The van der Waals surface area contributed by atoms with Crippen molar-refractivity contribution in [3.05, 3.63) is 71.8 Å². The summed E-state index contributed by atoms with van der Waals surface area (Å²) in [4.78, 5) is 25.9. The summed E-state index contributed by atoms with van der Waals surface area (Å²) in [6.45, 7) is 4.96. The number of hydrogen-bond donors (Lipinski definition) is 1. The number of aromatic nitrogens is 3. The van der Waals surface area contributed by atoms with Crippen molar-refractivity contribution in [1.29, 1.82) is 0 Å². The van der Waals surface area contributed by atoms with Gasteiger partial charge in [-0.15, -0.1) is 0 Å². The SMILES string of the molecule is CC(C)c1ncc(C(=O)Nc2c(-c3ccccc3F)ccnc2C2OCCCO2)cn1. The second kappa shape index (κ2) is 9.28. The zero-order chi connectivity index (χ0) is 21.8. The third kappa shape index (κ3) is 4.60. The highest BCUT2D eigenvalue weighted by molar-refractivity contribution is 6.06. The Morgan fingerprint density at radius 1 is 1.06 bits per heavy atom. The lowest BCUT2D eigenvalue weighted by Gasteiger charge is -2.25. The van der Waals surface area contributed by atoms with E-state index in [1.807, 2.05) is 13.8 Å². The summed E-state index contributed by atoms with van der Waals surface area (Å²) < 4.78 is 26.0. The number of pyridine rings is 1. The van der Waals surface area contributed by atoms with E-state index in [0.29, 0.717) is 41.5 Å². The van der Waals surface area contributed by atoms with Gasteiger partial charge in [-0.05, 0) is 18.6 Å². The van der Waals surface area contributed by atoms with E-state index in [1.165, 1.54) is 18.5 Å². The van der Waals surface area contributed by atoms with Crippen LogP contribution in [0.1, 0.15) is 54.4 Å². The Morgan fingerprint density at radius 2 is 1.77 bits per heavy atom. The van der Waals surface area contributed by atoms with Gasteiger partial charge in [0.05, 0.1) is 24.5 Å². The largest absolute Gasteiger partial charge is 0.347 e. The van der Waals surface area contributed by atoms with E-state index in [9.17, 15) is 9.18 Å². The first-order chi connectivity index (χ1) is 15.0. The van der Waals surface area contributed by atoms with Crippen LogP contribution in [0.15, 0.2) is 48.9 Å². The number of carbonyl (C=O) groups is 1. The molecule has 0 atom stereocenters. The van der Waals surface area contributed by atoms with Gasteiger partial charge in [0, 0.05) is 35.6 Å². The van der Waals surface area contributed by atoms with Gasteiger partial charge in [0.2, 0.25) is 6.29 Å². The van der Waals surface area contributed by atoms with Crippen molar-refractivity contribution in [2.75, 3.05) is 18.5 Å². The zero-order valence-electron chi connectivity index (χ0n) is 17.3. The smallest absolute Gasteiger partial charge is 0.258 e. The van der Waals surface area contributed by atoms with Crippen LogP contribution in [-0.2, 0) is 9.47 Å². The van der Waals surface area contributed by atoms with Crippen LogP contribution in [0.4, 0.5) is 10.1 Å². The molecule has 1 aliphatic heterocycles. The van der Waals surface area contributed by atoms with Gasteiger partial charge in [-0.3, -0.25) is 9.78 Å². The molecule has 1 aromatic carbocycles. The van der Waals surface area contributed by atoms with Crippen LogP contribution in [0, 0.1) is 5.82 Å². The summed E-state index contributed by atoms with van der Waals surface area (Å²) in [6.07, 6.45) is 4.52. The first-order valence-corrected chi connectivity index (χ1v) is 10.1. The number of anilines is 1. The number of carbonyl (C=O) groups excluding carboxylic acids is 1. The lowest BCUT2D eigenvalue weighted by Crippen LogP contribution is -2.22. The molecule has 1 amide bonds. The Morgan fingerprint density at radius 3 is 2.45 bits per heavy atom. The molecule has 3 heterocycles. The maximum absolute atomic E-state index is 14.6. The molecule has 0 bridgehead atoms. The number of nitrogens with one attached hydrogen (secondary N) is 1. The molecule has 0 spiro atoms. The summed E-state index contributed by atoms with van der Waals surface area (Å²) in [6, 6.07) is 8.01. The molecular formula is C23H23FN4O3. The van der Waals surface area contributed by atoms with E-state index in [4.69, 9.17) is 9.47 Å². The number of benzene rings is 1. The molecule has 2 aromatic heterocycles. The summed E-state index contributed by atoms with van der Waals surface area (Å²) in [5.41, 5.74) is 1.81. The Bertz CT molecular complexity index is 1070. The quantitative estimate of drug-likeness (QED) is 0.652. The highest BCUT2D eigenvalue weighted by atomic mass is 19.1. The number of ether oxygens (including phenoxy) is 2. The molecule has 7 nitrogen and oxygen atoms in total. The summed E-state index contributed by atoms with van der Waals surface area (Å²) in [5, 5.41) is 2.86. The maximum atomic E-state index is 14.6. The molecule has 1 aliphatic rings.